The number of anilines is 2. The Labute approximate surface area is 188 Å². The van der Waals surface area contributed by atoms with E-state index < -0.39 is 0 Å². The second kappa shape index (κ2) is 8.76. The molecule has 0 radical (unpaired) electrons. The lowest BCUT2D eigenvalue weighted by Crippen LogP contribution is -2.47. The molecule has 5 rings (SSSR count). The van der Waals surface area contributed by atoms with Crippen molar-refractivity contribution in [2.75, 3.05) is 76.8 Å². The van der Waals surface area contributed by atoms with Crippen LogP contribution in [0.3, 0.4) is 0 Å². The average Bonchev–Trinajstić information content (AvgIpc) is 3.37. The number of likely N-dealkylation sites (N-methyl/N-ethyl adjacent to an activating group) is 1. The molecule has 0 aliphatic carbocycles. The van der Waals surface area contributed by atoms with E-state index in [4.69, 9.17) is 5.10 Å². The van der Waals surface area contributed by atoms with Crippen LogP contribution >= 0.6 is 11.3 Å². The Bertz CT molecular complexity index is 993. The summed E-state index contributed by atoms with van der Waals surface area (Å²) in [6.45, 7) is 8.31. The molecule has 2 saturated heterocycles. The van der Waals surface area contributed by atoms with Crippen LogP contribution in [0, 0.1) is 5.92 Å². The van der Waals surface area contributed by atoms with E-state index in [0.717, 1.165) is 40.4 Å². The number of benzene rings is 1. The number of piperazine rings is 1. The SMILES string of the molecule is CN1CCN(CC2CCN(c3nn4c(-c5ccc(N(C)C)cc5)cnc4s3)CC2)CC1. The van der Waals surface area contributed by atoms with Crippen LogP contribution in [-0.2, 0) is 0 Å². The highest BCUT2D eigenvalue weighted by Crippen LogP contribution is 2.31. The van der Waals surface area contributed by atoms with Gasteiger partial charge in [0.25, 0.3) is 0 Å². The van der Waals surface area contributed by atoms with Crippen LogP contribution in [0.4, 0.5) is 10.8 Å². The first-order chi connectivity index (χ1) is 15.1. The maximum absolute atomic E-state index is 4.95. The molecule has 31 heavy (non-hydrogen) atoms. The van der Waals surface area contributed by atoms with Gasteiger partial charge in [0.05, 0.1) is 11.9 Å². The third-order valence-corrected chi connectivity index (χ3v) is 7.73. The standard InChI is InChI=1S/C23H33N7S/c1-26(2)20-6-4-19(5-7-20)21-16-24-22-30(21)25-23(31-22)29-10-8-18(9-11-29)17-28-14-12-27(3)13-15-28/h4-7,16,18H,8-15,17H2,1-3H3. The maximum Gasteiger partial charge on any atom is 0.214 e. The molecule has 0 atom stereocenters. The van der Waals surface area contributed by atoms with Crippen molar-refractivity contribution in [3.8, 4) is 11.3 Å². The highest BCUT2D eigenvalue weighted by atomic mass is 32.1. The Morgan fingerprint density at radius 3 is 2.39 bits per heavy atom. The van der Waals surface area contributed by atoms with E-state index in [-0.39, 0.29) is 0 Å². The van der Waals surface area contributed by atoms with Crippen molar-refractivity contribution in [1.82, 2.24) is 24.4 Å². The lowest BCUT2D eigenvalue weighted by Gasteiger charge is -2.37. The molecule has 2 aliphatic heterocycles. The van der Waals surface area contributed by atoms with Crippen LogP contribution in [0.5, 0.6) is 0 Å². The molecular formula is C23H33N7S. The molecule has 0 unspecified atom stereocenters. The summed E-state index contributed by atoms with van der Waals surface area (Å²) in [7, 11) is 6.35. The highest BCUT2D eigenvalue weighted by molar-refractivity contribution is 7.20. The number of hydrogen-bond donors (Lipinski definition) is 0. The van der Waals surface area contributed by atoms with Gasteiger partial charge in [-0.15, -0.1) is 5.10 Å². The molecule has 166 valence electrons. The monoisotopic (exact) mass is 439 g/mol. The molecule has 4 heterocycles. The van der Waals surface area contributed by atoms with E-state index >= 15 is 0 Å². The minimum Gasteiger partial charge on any atom is -0.378 e. The van der Waals surface area contributed by atoms with Gasteiger partial charge in [-0.2, -0.15) is 0 Å². The van der Waals surface area contributed by atoms with E-state index in [1.165, 1.54) is 51.3 Å². The van der Waals surface area contributed by atoms with Gasteiger partial charge in [-0.05, 0) is 37.9 Å². The van der Waals surface area contributed by atoms with Crippen LogP contribution in [0.25, 0.3) is 16.2 Å². The second-order valence-corrected chi connectivity index (χ2v) is 10.1. The van der Waals surface area contributed by atoms with Crippen LogP contribution in [0.15, 0.2) is 30.5 Å². The molecule has 0 saturated carbocycles. The molecular weight excluding hydrogens is 406 g/mol. The van der Waals surface area contributed by atoms with E-state index in [1.807, 2.05) is 10.7 Å². The summed E-state index contributed by atoms with van der Waals surface area (Å²) in [4.78, 5) is 15.3. The highest BCUT2D eigenvalue weighted by Gasteiger charge is 2.25. The molecule has 0 amide bonds. The van der Waals surface area contributed by atoms with Gasteiger partial charge in [-0.1, -0.05) is 23.5 Å². The summed E-state index contributed by atoms with van der Waals surface area (Å²) >= 11 is 1.71. The van der Waals surface area contributed by atoms with Crippen LogP contribution in [-0.4, -0.2) is 91.4 Å². The molecule has 0 spiro atoms. The van der Waals surface area contributed by atoms with E-state index in [9.17, 15) is 0 Å². The number of hydrogen-bond acceptors (Lipinski definition) is 7. The lowest BCUT2D eigenvalue weighted by atomic mass is 9.96. The minimum absolute atomic E-state index is 0.814. The summed E-state index contributed by atoms with van der Waals surface area (Å²) < 4.78 is 2.01. The largest absolute Gasteiger partial charge is 0.378 e. The van der Waals surface area contributed by atoms with Gasteiger partial charge in [0, 0.05) is 71.2 Å². The molecule has 3 aromatic rings. The fourth-order valence-corrected chi connectivity index (χ4v) is 5.57. The normalized spacial score (nSPS) is 19.4. The lowest BCUT2D eigenvalue weighted by molar-refractivity contribution is 0.129. The predicted molar refractivity (Wildman–Crippen MR) is 130 cm³/mol. The molecule has 0 bridgehead atoms. The predicted octanol–water partition coefficient (Wildman–Crippen LogP) is 2.99. The van der Waals surface area contributed by atoms with Crippen molar-refractivity contribution >= 4 is 27.1 Å². The molecule has 2 aromatic heterocycles. The fourth-order valence-electron chi connectivity index (χ4n) is 4.64. The van der Waals surface area contributed by atoms with E-state index in [1.54, 1.807) is 11.3 Å². The first kappa shape index (κ1) is 20.7. The van der Waals surface area contributed by atoms with Gasteiger partial charge in [0.2, 0.25) is 10.1 Å². The number of imidazole rings is 1. The smallest absolute Gasteiger partial charge is 0.214 e. The van der Waals surface area contributed by atoms with E-state index in [2.05, 4.69) is 70.0 Å². The van der Waals surface area contributed by atoms with Crippen LogP contribution < -0.4 is 9.80 Å². The van der Waals surface area contributed by atoms with Crippen molar-refractivity contribution in [3.63, 3.8) is 0 Å². The Balaban J connectivity index is 1.23. The summed E-state index contributed by atoms with van der Waals surface area (Å²) in [5.41, 5.74) is 3.41. The maximum atomic E-state index is 4.95. The number of aromatic nitrogens is 3. The van der Waals surface area contributed by atoms with Crippen molar-refractivity contribution in [2.45, 2.75) is 12.8 Å². The topological polar surface area (TPSA) is 43.1 Å². The van der Waals surface area contributed by atoms with Gasteiger partial charge in [-0.3, -0.25) is 0 Å². The van der Waals surface area contributed by atoms with Crippen molar-refractivity contribution in [3.05, 3.63) is 30.5 Å². The van der Waals surface area contributed by atoms with Gasteiger partial charge >= 0.3 is 0 Å². The van der Waals surface area contributed by atoms with E-state index in [0.29, 0.717) is 0 Å². The van der Waals surface area contributed by atoms with Gasteiger partial charge in [-0.25, -0.2) is 9.50 Å². The second-order valence-electron chi connectivity index (χ2n) is 9.20. The average molecular weight is 440 g/mol. The van der Waals surface area contributed by atoms with Gasteiger partial charge < -0.3 is 19.6 Å². The fraction of sp³-hybridized carbons (Fsp3) is 0.565. The summed E-state index contributed by atoms with van der Waals surface area (Å²) in [5, 5.41) is 6.06. The quantitative estimate of drug-likeness (QED) is 0.609. The Morgan fingerprint density at radius 1 is 1.00 bits per heavy atom. The first-order valence-electron chi connectivity index (χ1n) is 11.3. The summed E-state index contributed by atoms with van der Waals surface area (Å²) in [6.07, 6.45) is 4.45. The molecule has 7 nitrogen and oxygen atoms in total. The zero-order valence-electron chi connectivity index (χ0n) is 18.9. The number of piperidine rings is 1. The number of nitrogens with zero attached hydrogens (tertiary/aromatic N) is 7. The third kappa shape index (κ3) is 4.42. The van der Waals surface area contributed by atoms with Crippen molar-refractivity contribution in [2.24, 2.45) is 5.92 Å². The van der Waals surface area contributed by atoms with Gasteiger partial charge in [0.15, 0.2) is 0 Å². The Kier molecular flexibility index (Phi) is 5.86. The van der Waals surface area contributed by atoms with Crippen LogP contribution in [0.1, 0.15) is 12.8 Å². The van der Waals surface area contributed by atoms with Crippen molar-refractivity contribution in [1.29, 1.82) is 0 Å². The summed E-state index contributed by atoms with van der Waals surface area (Å²) in [5.74, 6) is 0.814. The molecule has 8 heteroatoms. The van der Waals surface area contributed by atoms with Gasteiger partial charge in [0.1, 0.15) is 0 Å². The zero-order chi connectivity index (χ0) is 21.4. The third-order valence-electron chi connectivity index (χ3n) is 6.75. The molecule has 0 N–H and O–H groups in total. The number of rotatable bonds is 5. The summed E-state index contributed by atoms with van der Waals surface area (Å²) in [6, 6.07) is 8.60. The molecule has 2 aliphatic rings. The minimum atomic E-state index is 0.814. The van der Waals surface area contributed by atoms with Crippen LogP contribution in [0.2, 0.25) is 0 Å². The molecule has 1 aromatic carbocycles. The Morgan fingerprint density at radius 2 is 1.71 bits per heavy atom. The first-order valence-corrected chi connectivity index (χ1v) is 12.2. The molecule has 2 fully saturated rings. The Hall–Kier alpha value is -2.16. The number of fused-ring (bicyclic) bond motifs is 1. The zero-order valence-corrected chi connectivity index (χ0v) is 19.7. The van der Waals surface area contributed by atoms with Crippen molar-refractivity contribution < 1.29 is 0 Å².